The van der Waals surface area contributed by atoms with E-state index in [1.807, 2.05) is 6.92 Å². The molecule has 0 aliphatic rings. The van der Waals surface area contributed by atoms with Crippen LogP contribution in [0.15, 0.2) is 17.2 Å². The molecule has 0 radical (unpaired) electrons. The van der Waals surface area contributed by atoms with E-state index in [4.69, 9.17) is 21.1 Å². The summed E-state index contributed by atoms with van der Waals surface area (Å²) in [5.41, 5.74) is 0. The summed E-state index contributed by atoms with van der Waals surface area (Å²) >= 11 is 5.98. The first-order valence-corrected chi connectivity index (χ1v) is 8.33. The molecule has 21 heavy (non-hydrogen) atoms. The van der Waals surface area contributed by atoms with Gasteiger partial charge < -0.3 is 14.8 Å². The summed E-state index contributed by atoms with van der Waals surface area (Å²) in [4.78, 5) is 4.01. The van der Waals surface area contributed by atoms with Crippen molar-refractivity contribution in [2.45, 2.75) is 11.8 Å². The fourth-order valence-corrected chi connectivity index (χ4v) is 2.72. The van der Waals surface area contributed by atoms with Gasteiger partial charge in [0.15, 0.2) is 0 Å². The summed E-state index contributed by atoms with van der Waals surface area (Å²) < 4.78 is 36.5. The zero-order valence-electron chi connectivity index (χ0n) is 12.1. The van der Waals surface area contributed by atoms with Crippen LogP contribution in [0.1, 0.15) is 6.92 Å². The standard InChI is InChI=1S/C12H20ClN3O4S/c1-3-14-12-11(13)8-10(9-15-12)21(17,18)16-4-5-20-7-6-19-2/h8-9,16H,3-7H2,1-2H3,(H,14,15). The minimum atomic E-state index is -3.64. The molecule has 1 heterocycles. The number of methoxy groups -OCH3 is 1. The van der Waals surface area contributed by atoms with Crippen LogP contribution in [0, 0.1) is 0 Å². The van der Waals surface area contributed by atoms with E-state index in [0.717, 1.165) is 0 Å². The molecule has 0 spiro atoms. The van der Waals surface area contributed by atoms with Gasteiger partial charge in [0.05, 0.1) is 24.8 Å². The number of nitrogens with one attached hydrogen (secondary N) is 2. The molecule has 0 saturated heterocycles. The molecule has 7 nitrogen and oxygen atoms in total. The summed E-state index contributed by atoms with van der Waals surface area (Å²) in [5.74, 6) is 0.459. The van der Waals surface area contributed by atoms with Crippen LogP contribution in [-0.4, -0.2) is 53.4 Å². The molecule has 0 aliphatic heterocycles. The molecule has 120 valence electrons. The predicted molar refractivity (Wildman–Crippen MR) is 81.3 cm³/mol. The number of hydrogen-bond donors (Lipinski definition) is 2. The van der Waals surface area contributed by atoms with Gasteiger partial charge in [-0.15, -0.1) is 0 Å². The first kappa shape index (κ1) is 18.1. The van der Waals surface area contributed by atoms with Gasteiger partial charge >= 0.3 is 0 Å². The van der Waals surface area contributed by atoms with Crippen LogP contribution >= 0.6 is 11.6 Å². The van der Waals surface area contributed by atoms with Gasteiger partial charge in [-0.05, 0) is 13.0 Å². The second kappa shape index (κ2) is 9.16. The van der Waals surface area contributed by atoms with Crippen molar-refractivity contribution in [2.24, 2.45) is 0 Å². The van der Waals surface area contributed by atoms with E-state index < -0.39 is 10.0 Å². The number of hydrogen-bond acceptors (Lipinski definition) is 6. The van der Waals surface area contributed by atoms with Gasteiger partial charge in [-0.2, -0.15) is 0 Å². The van der Waals surface area contributed by atoms with E-state index in [2.05, 4.69) is 15.0 Å². The normalized spacial score (nSPS) is 11.6. The molecule has 0 saturated carbocycles. The van der Waals surface area contributed by atoms with Crippen LogP contribution in [0.5, 0.6) is 0 Å². The Morgan fingerprint density at radius 3 is 2.71 bits per heavy atom. The topological polar surface area (TPSA) is 89.6 Å². The highest BCUT2D eigenvalue weighted by Gasteiger charge is 2.16. The lowest BCUT2D eigenvalue weighted by atomic mass is 10.4. The molecular formula is C12H20ClN3O4S. The Morgan fingerprint density at radius 1 is 1.33 bits per heavy atom. The quantitative estimate of drug-likeness (QED) is 0.622. The van der Waals surface area contributed by atoms with Gasteiger partial charge in [0, 0.05) is 26.4 Å². The second-order valence-electron chi connectivity index (χ2n) is 4.03. The summed E-state index contributed by atoms with van der Waals surface area (Å²) in [6.45, 7) is 3.86. The first-order chi connectivity index (χ1) is 10.0. The maximum atomic E-state index is 12.0. The highest BCUT2D eigenvalue weighted by Crippen LogP contribution is 2.22. The van der Waals surface area contributed by atoms with E-state index in [9.17, 15) is 8.42 Å². The van der Waals surface area contributed by atoms with Crippen molar-refractivity contribution in [3.05, 3.63) is 17.3 Å². The third-order valence-electron chi connectivity index (χ3n) is 2.44. The van der Waals surface area contributed by atoms with Crippen molar-refractivity contribution in [2.75, 3.05) is 45.3 Å². The number of rotatable bonds is 10. The number of pyridine rings is 1. The predicted octanol–water partition coefficient (Wildman–Crippen LogP) is 1.11. The van der Waals surface area contributed by atoms with Crippen LogP contribution in [-0.2, 0) is 19.5 Å². The molecule has 2 N–H and O–H groups in total. The average Bonchev–Trinajstić information content (AvgIpc) is 2.45. The highest BCUT2D eigenvalue weighted by atomic mass is 35.5. The number of nitrogens with zero attached hydrogens (tertiary/aromatic N) is 1. The SMILES string of the molecule is CCNc1ncc(S(=O)(=O)NCCOCCOC)cc1Cl. The number of anilines is 1. The van der Waals surface area contributed by atoms with E-state index in [1.165, 1.54) is 12.3 Å². The van der Waals surface area contributed by atoms with Gasteiger partial charge in [-0.25, -0.2) is 18.1 Å². The lowest BCUT2D eigenvalue weighted by Crippen LogP contribution is -2.28. The van der Waals surface area contributed by atoms with Crippen LogP contribution in [0.4, 0.5) is 5.82 Å². The zero-order chi connectivity index (χ0) is 15.7. The van der Waals surface area contributed by atoms with Crippen molar-refractivity contribution in [1.82, 2.24) is 9.71 Å². The monoisotopic (exact) mass is 337 g/mol. The Hall–Kier alpha value is -0.930. The number of halogens is 1. The molecule has 1 aromatic rings. The van der Waals surface area contributed by atoms with E-state index in [1.54, 1.807) is 7.11 Å². The van der Waals surface area contributed by atoms with Crippen molar-refractivity contribution in [1.29, 1.82) is 0 Å². The van der Waals surface area contributed by atoms with Crippen LogP contribution in [0.25, 0.3) is 0 Å². The summed E-state index contributed by atoms with van der Waals surface area (Å²) in [6, 6.07) is 1.36. The maximum Gasteiger partial charge on any atom is 0.242 e. The minimum Gasteiger partial charge on any atom is -0.382 e. The molecule has 0 bridgehead atoms. The van der Waals surface area contributed by atoms with Crippen molar-refractivity contribution in [3.8, 4) is 0 Å². The van der Waals surface area contributed by atoms with Gasteiger partial charge in [0.25, 0.3) is 0 Å². The minimum absolute atomic E-state index is 0.0195. The molecule has 0 aromatic carbocycles. The largest absolute Gasteiger partial charge is 0.382 e. The smallest absolute Gasteiger partial charge is 0.242 e. The third kappa shape index (κ3) is 6.15. The average molecular weight is 338 g/mol. The Bertz CT molecular complexity index is 539. The van der Waals surface area contributed by atoms with Crippen molar-refractivity contribution < 1.29 is 17.9 Å². The van der Waals surface area contributed by atoms with E-state index in [-0.39, 0.29) is 23.1 Å². The molecular weight excluding hydrogens is 318 g/mol. The van der Waals surface area contributed by atoms with E-state index in [0.29, 0.717) is 25.6 Å². The molecule has 0 aliphatic carbocycles. The Kier molecular flexibility index (Phi) is 7.91. The maximum absolute atomic E-state index is 12.0. The lowest BCUT2D eigenvalue weighted by molar-refractivity contribution is 0.0736. The first-order valence-electron chi connectivity index (χ1n) is 6.47. The molecule has 0 atom stereocenters. The number of aromatic nitrogens is 1. The van der Waals surface area contributed by atoms with Crippen LogP contribution in [0.3, 0.4) is 0 Å². The van der Waals surface area contributed by atoms with E-state index >= 15 is 0 Å². The molecule has 1 rings (SSSR count). The number of sulfonamides is 1. The Morgan fingerprint density at radius 2 is 2.10 bits per heavy atom. The fraction of sp³-hybridized carbons (Fsp3) is 0.583. The van der Waals surface area contributed by atoms with Crippen LogP contribution in [0.2, 0.25) is 5.02 Å². The second-order valence-corrected chi connectivity index (χ2v) is 6.21. The summed E-state index contributed by atoms with van der Waals surface area (Å²) in [6.07, 6.45) is 1.26. The van der Waals surface area contributed by atoms with Gasteiger partial charge in [0.2, 0.25) is 10.0 Å². The van der Waals surface area contributed by atoms with Crippen molar-refractivity contribution >= 4 is 27.4 Å². The molecule has 0 fully saturated rings. The summed E-state index contributed by atoms with van der Waals surface area (Å²) in [5, 5.41) is 3.20. The number of ether oxygens (including phenoxy) is 2. The highest BCUT2D eigenvalue weighted by molar-refractivity contribution is 7.89. The van der Waals surface area contributed by atoms with Crippen molar-refractivity contribution in [3.63, 3.8) is 0 Å². The molecule has 0 unspecified atom stereocenters. The Labute approximate surface area is 130 Å². The fourth-order valence-electron chi connectivity index (χ4n) is 1.44. The third-order valence-corrected chi connectivity index (χ3v) is 4.16. The van der Waals surface area contributed by atoms with Crippen LogP contribution < -0.4 is 10.0 Å². The molecule has 9 heteroatoms. The van der Waals surface area contributed by atoms with Gasteiger partial charge in [-0.3, -0.25) is 0 Å². The van der Waals surface area contributed by atoms with Gasteiger partial charge in [0.1, 0.15) is 10.7 Å². The summed E-state index contributed by atoms with van der Waals surface area (Å²) in [7, 11) is -2.07. The molecule has 0 amide bonds. The lowest BCUT2D eigenvalue weighted by Gasteiger charge is -2.09. The molecule has 1 aromatic heterocycles. The van der Waals surface area contributed by atoms with Gasteiger partial charge in [-0.1, -0.05) is 11.6 Å². The zero-order valence-corrected chi connectivity index (χ0v) is 13.6. The Balaban J connectivity index is 2.56.